The molecule has 0 aliphatic rings. The van der Waals surface area contributed by atoms with Crippen molar-refractivity contribution >= 4 is 29.5 Å². The SMILES string of the molecule is CCOC(=O)CC(Sc1ccccc1)(Sc1ccccc1)c1ccccc1. The molecule has 0 aromatic heterocycles. The lowest BCUT2D eigenvalue weighted by molar-refractivity contribution is -0.143. The van der Waals surface area contributed by atoms with E-state index in [0.29, 0.717) is 6.61 Å². The highest BCUT2D eigenvalue weighted by Crippen LogP contribution is 2.55. The van der Waals surface area contributed by atoms with E-state index >= 15 is 0 Å². The molecule has 0 amide bonds. The standard InChI is InChI=1S/C23H22O2S2/c1-2-25-22(24)18-23(19-12-6-3-7-13-19,26-20-14-8-4-9-15-20)27-21-16-10-5-11-17-21/h3-17H,2,18H2,1H3. The van der Waals surface area contributed by atoms with Crippen LogP contribution in [0.2, 0.25) is 0 Å². The molecule has 0 aliphatic carbocycles. The summed E-state index contributed by atoms with van der Waals surface area (Å²) >= 11 is 3.40. The van der Waals surface area contributed by atoms with Gasteiger partial charge in [-0.1, -0.05) is 66.7 Å². The van der Waals surface area contributed by atoms with Gasteiger partial charge in [-0.15, -0.1) is 23.5 Å². The fourth-order valence-corrected chi connectivity index (χ4v) is 5.74. The molecule has 0 fully saturated rings. The van der Waals surface area contributed by atoms with Gasteiger partial charge >= 0.3 is 5.97 Å². The Labute approximate surface area is 169 Å². The Morgan fingerprint density at radius 3 is 1.67 bits per heavy atom. The number of thioether (sulfide) groups is 2. The number of hydrogen-bond acceptors (Lipinski definition) is 4. The second-order valence-electron chi connectivity index (χ2n) is 5.93. The van der Waals surface area contributed by atoms with Gasteiger partial charge in [-0.3, -0.25) is 4.79 Å². The minimum atomic E-state index is -0.518. The van der Waals surface area contributed by atoms with Crippen LogP contribution in [0.15, 0.2) is 101 Å². The molecular formula is C23H22O2S2. The zero-order chi connectivity index (χ0) is 19.0. The first-order chi connectivity index (χ1) is 13.2. The van der Waals surface area contributed by atoms with Crippen LogP contribution in [0, 0.1) is 0 Å². The van der Waals surface area contributed by atoms with E-state index in [1.54, 1.807) is 23.5 Å². The molecule has 0 saturated heterocycles. The molecule has 2 nitrogen and oxygen atoms in total. The summed E-state index contributed by atoms with van der Waals surface area (Å²) in [7, 11) is 0. The van der Waals surface area contributed by atoms with Gasteiger partial charge in [0.15, 0.2) is 0 Å². The van der Waals surface area contributed by atoms with Crippen molar-refractivity contribution in [3.63, 3.8) is 0 Å². The molecular weight excluding hydrogens is 372 g/mol. The summed E-state index contributed by atoms with van der Waals surface area (Å²) in [5.74, 6) is -0.187. The fraction of sp³-hybridized carbons (Fsp3) is 0.174. The molecule has 0 saturated carbocycles. The first-order valence-corrected chi connectivity index (χ1v) is 10.5. The average Bonchev–Trinajstić information content (AvgIpc) is 2.70. The van der Waals surface area contributed by atoms with Crippen LogP contribution >= 0.6 is 23.5 Å². The van der Waals surface area contributed by atoms with Crippen molar-refractivity contribution in [1.82, 2.24) is 0 Å². The lowest BCUT2D eigenvalue weighted by Crippen LogP contribution is -2.23. The Balaban J connectivity index is 2.06. The zero-order valence-electron chi connectivity index (χ0n) is 15.2. The van der Waals surface area contributed by atoms with Gasteiger partial charge in [0.1, 0.15) is 4.08 Å². The molecule has 27 heavy (non-hydrogen) atoms. The molecule has 0 aliphatic heterocycles. The van der Waals surface area contributed by atoms with Crippen molar-refractivity contribution in [3.8, 4) is 0 Å². The molecule has 3 aromatic rings. The van der Waals surface area contributed by atoms with Gasteiger partial charge in [-0.25, -0.2) is 0 Å². The molecule has 0 N–H and O–H groups in total. The Morgan fingerprint density at radius 2 is 1.22 bits per heavy atom. The predicted molar refractivity (Wildman–Crippen MR) is 114 cm³/mol. The summed E-state index contributed by atoms with van der Waals surface area (Å²) in [4.78, 5) is 14.8. The molecule has 0 atom stereocenters. The highest BCUT2D eigenvalue weighted by atomic mass is 32.2. The number of carbonyl (C=O) groups is 1. The lowest BCUT2D eigenvalue weighted by atomic mass is 10.1. The molecule has 3 rings (SSSR count). The van der Waals surface area contributed by atoms with E-state index < -0.39 is 4.08 Å². The van der Waals surface area contributed by atoms with E-state index in [2.05, 4.69) is 36.4 Å². The van der Waals surface area contributed by atoms with E-state index in [1.807, 2.05) is 61.5 Å². The van der Waals surface area contributed by atoms with Crippen molar-refractivity contribution in [2.24, 2.45) is 0 Å². The van der Waals surface area contributed by atoms with Crippen LogP contribution in [0.1, 0.15) is 18.9 Å². The van der Waals surface area contributed by atoms with Crippen LogP contribution in [0.4, 0.5) is 0 Å². The van der Waals surface area contributed by atoms with Crippen molar-refractivity contribution < 1.29 is 9.53 Å². The summed E-state index contributed by atoms with van der Waals surface area (Å²) in [6.07, 6.45) is 0.282. The first-order valence-electron chi connectivity index (χ1n) is 8.91. The molecule has 0 spiro atoms. The largest absolute Gasteiger partial charge is 0.466 e. The summed E-state index contributed by atoms with van der Waals surface area (Å²) in [5, 5.41) is 0. The topological polar surface area (TPSA) is 26.3 Å². The van der Waals surface area contributed by atoms with Crippen LogP contribution in [0.5, 0.6) is 0 Å². The van der Waals surface area contributed by atoms with Crippen molar-refractivity contribution in [2.75, 3.05) is 6.61 Å². The van der Waals surface area contributed by atoms with E-state index in [4.69, 9.17) is 4.74 Å². The van der Waals surface area contributed by atoms with Crippen LogP contribution in [0.3, 0.4) is 0 Å². The number of benzene rings is 3. The lowest BCUT2D eigenvalue weighted by Gasteiger charge is -2.32. The minimum absolute atomic E-state index is 0.187. The van der Waals surface area contributed by atoms with Crippen molar-refractivity contribution in [1.29, 1.82) is 0 Å². The summed E-state index contributed by atoms with van der Waals surface area (Å²) in [6, 6.07) is 30.6. The van der Waals surface area contributed by atoms with E-state index in [9.17, 15) is 4.79 Å². The Hall–Kier alpha value is -2.17. The quantitative estimate of drug-likeness (QED) is 0.252. The third-order valence-corrected chi connectivity index (χ3v) is 6.88. The predicted octanol–water partition coefficient (Wildman–Crippen LogP) is 6.38. The van der Waals surface area contributed by atoms with Crippen LogP contribution in [-0.2, 0) is 13.6 Å². The molecule has 0 heterocycles. The smallest absolute Gasteiger partial charge is 0.308 e. The van der Waals surface area contributed by atoms with Crippen LogP contribution < -0.4 is 0 Å². The van der Waals surface area contributed by atoms with Crippen LogP contribution in [-0.4, -0.2) is 12.6 Å². The molecule has 0 bridgehead atoms. The van der Waals surface area contributed by atoms with Gasteiger partial charge in [-0.2, -0.15) is 0 Å². The molecule has 138 valence electrons. The zero-order valence-corrected chi connectivity index (χ0v) is 16.8. The Morgan fingerprint density at radius 1 is 0.778 bits per heavy atom. The highest BCUT2D eigenvalue weighted by Gasteiger charge is 2.38. The Bertz CT molecular complexity index is 795. The highest BCUT2D eigenvalue weighted by molar-refractivity contribution is 8.17. The third kappa shape index (κ3) is 5.41. The maximum Gasteiger partial charge on any atom is 0.308 e. The van der Waals surface area contributed by atoms with Crippen molar-refractivity contribution in [3.05, 3.63) is 96.6 Å². The number of carbonyl (C=O) groups excluding carboxylic acids is 1. The number of rotatable bonds is 8. The van der Waals surface area contributed by atoms with E-state index in [0.717, 1.165) is 15.4 Å². The second kappa shape index (κ2) is 9.67. The molecule has 0 radical (unpaired) electrons. The van der Waals surface area contributed by atoms with Gasteiger partial charge in [-0.05, 0) is 36.8 Å². The van der Waals surface area contributed by atoms with Gasteiger partial charge in [0.25, 0.3) is 0 Å². The molecule has 4 heteroatoms. The maximum absolute atomic E-state index is 12.6. The van der Waals surface area contributed by atoms with Gasteiger partial charge in [0.05, 0.1) is 13.0 Å². The molecule has 0 unspecified atom stereocenters. The monoisotopic (exact) mass is 394 g/mol. The summed E-state index contributed by atoms with van der Waals surface area (Å²) in [6.45, 7) is 2.23. The minimum Gasteiger partial charge on any atom is -0.466 e. The maximum atomic E-state index is 12.6. The third-order valence-electron chi connectivity index (χ3n) is 3.95. The number of hydrogen-bond donors (Lipinski definition) is 0. The van der Waals surface area contributed by atoms with E-state index in [1.165, 1.54) is 0 Å². The number of ether oxygens (including phenoxy) is 1. The van der Waals surface area contributed by atoms with Gasteiger partial charge in [0, 0.05) is 9.79 Å². The van der Waals surface area contributed by atoms with Crippen LogP contribution in [0.25, 0.3) is 0 Å². The summed E-state index contributed by atoms with van der Waals surface area (Å²) in [5.41, 5.74) is 1.10. The van der Waals surface area contributed by atoms with Gasteiger partial charge in [0.2, 0.25) is 0 Å². The average molecular weight is 395 g/mol. The summed E-state index contributed by atoms with van der Waals surface area (Å²) < 4.78 is 4.81. The fourth-order valence-electron chi connectivity index (χ4n) is 2.76. The van der Waals surface area contributed by atoms with Gasteiger partial charge < -0.3 is 4.74 Å². The van der Waals surface area contributed by atoms with Crippen molar-refractivity contribution in [2.45, 2.75) is 27.2 Å². The Kier molecular flexibility index (Phi) is 7.02. The second-order valence-corrected chi connectivity index (χ2v) is 8.93. The van der Waals surface area contributed by atoms with E-state index in [-0.39, 0.29) is 12.4 Å². The normalized spacial score (nSPS) is 11.1. The first kappa shape index (κ1) is 19.6. The molecule has 3 aromatic carbocycles. The number of esters is 1.